The zero-order valence-corrected chi connectivity index (χ0v) is 20.1. The maximum Gasteiger partial charge on any atom is 0.329 e. The smallest absolute Gasteiger partial charge is 0.329 e. The summed E-state index contributed by atoms with van der Waals surface area (Å²) >= 11 is 0. The quantitative estimate of drug-likeness (QED) is 0.103. The molecule has 0 amide bonds. The SMILES string of the molecule is O=C(CS(=O)(=O)O)Oc1ccc([S+](c2ccccc2)c2ccccc2)c2cc3ccccc3cc12. The van der Waals surface area contributed by atoms with Gasteiger partial charge in [-0.3, -0.25) is 9.35 Å². The molecular formula is C28H21O5S2+. The second-order valence-corrected chi connectivity index (χ2v) is 11.4. The molecule has 0 saturated heterocycles. The van der Waals surface area contributed by atoms with Crippen LogP contribution in [-0.4, -0.2) is 24.7 Å². The first-order valence-electron chi connectivity index (χ1n) is 10.8. The van der Waals surface area contributed by atoms with E-state index in [-0.39, 0.29) is 5.75 Å². The van der Waals surface area contributed by atoms with Gasteiger partial charge in [0.1, 0.15) is 5.75 Å². The van der Waals surface area contributed by atoms with Crippen molar-refractivity contribution in [1.29, 1.82) is 0 Å². The molecule has 0 radical (unpaired) electrons. The van der Waals surface area contributed by atoms with E-state index in [0.29, 0.717) is 5.39 Å². The third-order valence-corrected chi connectivity index (χ3v) is 8.39. The number of rotatable bonds is 6. The van der Waals surface area contributed by atoms with Gasteiger partial charge < -0.3 is 4.74 Å². The zero-order chi connectivity index (χ0) is 24.4. The minimum atomic E-state index is -4.50. The molecule has 0 aromatic heterocycles. The van der Waals surface area contributed by atoms with Gasteiger partial charge in [0, 0.05) is 10.8 Å². The van der Waals surface area contributed by atoms with Crippen molar-refractivity contribution in [3.8, 4) is 5.75 Å². The molecule has 5 aromatic carbocycles. The van der Waals surface area contributed by atoms with E-state index >= 15 is 0 Å². The van der Waals surface area contributed by atoms with Crippen molar-refractivity contribution >= 4 is 48.5 Å². The molecule has 0 atom stereocenters. The molecule has 5 rings (SSSR count). The first-order valence-corrected chi connectivity index (χ1v) is 13.7. The van der Waals surface area contributed by atoms with E-state index in [0.717, 1.165) is 30.8 Å². The number of hydrogen-bond acceptors (Lipinski definition) is 4. The van der Waals surface area contributed by atoms with Gasteiger partial charge in [0.15, 0.2) is 20.4 Å². The monoisotopic (exact) mass is 501 g/mol. The van der Waals surface area contributed by atoms with Gasteiger partial charge in [-0.2, -0.15) is 8.42 Å². The van der Waals surface area contributed by atoms with E-state index in [1.54, 1.807) is 6.07 Å². The lowest BCUT2D eigenvalue weighted by Gasteiger charge is -2.14. The van der Waals surface area contributed by atoms with Gasteiger partial charge in [-0.05, 0) is 59.3 Å². The van der Waals surface area contributed by atoms with Crippen LogP contribution in [0.2, 0.25) is 0 Å². The van der Waals surface area contributed by atoms with Gasteiger partial charge in [0.2, 0.25) is 0 Å². The van der Waals surface area contributed by atoms with Gasteiger partial charge in [0.05, 0.1) is 10.9 Å². The molecular weight excluding hydrogens is 480 g/mol. The van der Waals surface area contributed by atoms with Gasteiger partial charge >= 0.3 is 5.97 Å². The van der Waals surface area contributed by atoms with Crippen LogP contribution in [0.4, 0.5) is 0 Å². The van der Waals surface area contributed by atoms with Gasteiger partial charge in [-0.25, -0.2) is 0 Å². The average molecular weight is 502 g/mol. The molecule has 0 saturated carbocycles. The van der Waals surface area contributed by atoms with Crippen molar-refractivity contribution in [3.63, 3.8) is 0 Å². The Morgan fingerprint density at radius 3 is 1.77 bits per heavy atom. The van der Waals surface area contributed by atoms with E-state index in [9.17, 15) is 13.2 Å². The highest BCUT2D eigenvalue weighted by molar-refractivity contribution is 7.97. The third kappa shape index (κ3) is 5.07. The Morgan fingerprint density at radius 1 is 0.714 bits per heavy atom. The predicted molar refractivity (Wildman–Crippen MR) is 139 cm³/mol. The maximum atomic E-state index is 12.2. The van der Waals surface area contributed by atoms with E-state index < -0.39 is 32.7 Å². The Morgan fingerprint density at radius 2 is 1.23 bits per heavy atom. The Labute approximate surface area is 206 Å². The summed E-state index contributed by atoms with van der Waals surface area (Å²) in [5, 5.41) is 3.59. The van der Waals surface area contributed by atoms with Crippen molar-refractivity contribution in [2.75, 3.05) is 5.75 Å². The number of carbonyl (C=O) groups excluding carboxylic acids is 1. The van der Waals surface area contributed by atoms with Gasteiger partial charge in [-0.15, -0.1) is 0 Å². The van der Waals surface area contributed by atoms with Crippen molar-refractivity contribution < 1.29 is 22.5 Å². The summed E-state index contributed by atoms with van der Waals surface area (Å²) in [6.45, 7) is 0. The van der Waals surface area contributed by atoms with Crippen molar-refractivity contribution in [3.05, 3.63) is 109 Å². The normalized spacial score (nSPS) is 11.7. The van der Waals surface area contributed by atoms with E-state index in [1.807, 2.05) is 72.8 Å². The number of hydrogen-bond donors (Lipinski definition) is 1. The zero-order valence-electron chi connectivity index (χ0n) is 18.5. The first kappa shape index (κ1) is 23.1. The number of fused-ring (bicyclic) bond motifs is 2. The van der Waals surface area contributed by atoms with Crippen LogP contribution in [-0.2, 0) is 25.8 Å². The predicted octanol–water partition coefficient (Wildman–Crippen LogP) is 5.88. The maximum absolute atomic E-state index is 12.2. The summed E-state index contributed by atoms with van der Waals surface area (Å²) in [7, 11) is -4.94. The minimum absolute atomic E-state index is 0.243. The molecule has 5 nitrogen and oxygen atoms in total. The highest BCUT2D eigenvalue weighted by Gasteiger charge is 2.31. The highest BCUT2D eigenvalue weighted by Crippen LogP contribution is 2.40. The van der Waals surface area contributed by atoms with Crippen molar-refractivity contribution in [2.45, 2.75) is 14.7 Å². The fourth-order valence-corrected chi connectivity index (χ4v) is 6.64. The fraction of sp³-hybridized carbons (Fsp3) is 0.0357. The molecule has 0 aliphatic carbocycles. The topological polar surface area (TPSA) is 80.7 Å². The molecule has 0 spiro atoms. The van der Waals surface area contributed by atoms with Crippen LogP contribution in [0.3, 0.4) is 0 Å². The summed E-state index contributed by atoms with van der Waals surface area (Å²) in [5.41, 5.74) is 0. The van der Waals surface area contributed by atoms with Crippen molar-refractivity contribution in [1.82, 2.24) is 0 Å². The molecule has 0 aliphatic heterocycles. The van der Waals surface area contributed by atoms with E-state index in [4.69, 9.17) is 9.29 Å². The standard InChI is InChI=1S/C28H20O5S2/c29-28(19-35(30,31)32)33-26-15-16-27(25-18-21-10-8-7-9-20(21)17-24(25)26)34(22-11-3-1-4-12-22)23-13-5-2-6-14-23/h1-18H,19H2/p+1. The summed E-state index contributed by atoms with van der Waals surface area (Å²) in [6, 6.07) is 36.0. The van der Waals surface area contributed by atoms with Crippen LogP contribution < -0.4 is 4.74 Å². The lowest BCUT2D eigenvalue weighted by molar-refractivity contribution is -0.131. The summed E-state index contributed by atoms with van der Waals surface area (Å²) < 4.78 is 36.9. The van der Waals surface area contributed by atoms with Crippen LogP contribution in [0.5, 0.6) is 5.75 Å². The third-order valence-electron chi connectivity index (χ3n) is 5.50. The molecule has 7 heteroatoms. The lowest BCUT2D eigenvalue weighted by Crippen LogP contribution is -2.20. The van der Waals surface area contributed by atoms with Crippen LogP contribution in [0.25, 0.3) is 21.5 Å². The highest BCUT2D eigenvalue weighted by atomic mass is 32.2. The second-order valence-electron chi connectivity index (χ2n) is 7.94. The van der Waals surface area contributed by atoms with Crippen LogP contribution in [0.1, 0.15) is 0 Å². The molecule has 0 aliphatic rings. The second kappa shape index (κ2) is 9.54. The largest absolute Gasteiger partial charge is 0.425 e. The molecule has 5 aromatic rings. The summed E-state index contributed by atoms with van der Waals surface area (Å²) in [5.74, 6) is -1.91. The number of ether oxygens (including phenoxy) is 1. The molecule has 0 bridgehead atoms. The van der Waals surface area contributed by atoms with Gasteiger partial charge in [0.25, 0.3) is 10.1 Å². The molecule has 0 unspecified atom stereocenters. The lowest BCUT2D eigenvalue weighted by atomic mass is 10.0. The van der Waals surface area contributed by atoms with Crippen LogP contribution in [0, 0.1) is 0 Å². The van der Waals surface area contributed by atoms with Gasteiger partial charge in [-0.1, -0.05) is 60.7 Å². The Balaban J connectivity index is 1.75. The Hall–Kier alpha value is -3.65. The van der Waals surface area contributed by atoms with Crippen LogP contribution >= 0.6 is 0 Å². The Kier molecular flexibility index (Phi) is 6.30. The van der Waals surface area contributed by atoms with Crippen LogP contribution in [0.15, 0.2) is 124 Å². The van der Waals surface area contributed by atoms with Crippen molar-refractivity contribution in [2.24, 2.45) is 0 Å². The number of esters is 1. The first-order chi connectivity index (χ1) is 16.9. The molecule has 0 fully saturated rings. The van der Waals surface area contributed by atoms with E-state index in [2.05, 4.69) is 30.3 Å². The summed E-state index contributed by atoms with van der Waals surface area (Å²) in [6.07, 6.45) is 0. The molecule has 0 heterocycles. The van der Waals surface area contributed by atoms with E-state index in [1.165, 1.54) is 0 Å². The summed E-state index contributed by atoms with van der Waals surface area (Å²) in [4.78, 5) is 15.6. The average Bonchev–Trinajstić information content (AvgIpc) is 2.84. The fourth-order valence-electron chi connectivity index (χ4n) is 4.05. The molecule has 174 valence electrons. The number of benzene rings is 5. The molecule has 35 heavy (non-hydrogen) atoms. The Bertz CT molecular complexity index is 1590. The minimum Gasteiger partial charge on any atom is -0.425 e. The molecule has 1 N–H and O–H groups in total. The number of carbonyl (C=O) groups is 1.